The standard InChI is InChI=1S/C44H85N2O6P/c1-6-8-10-12-14-16-18-20-22-24-25-27-29-31-33-35-37-43(47)42(41-52-53(49,50)51-40-39-46(3,4)5)45-44(48)38-36-34-32-30-28-26-23-21-19-17-15-13-11-9-7-2/h17,19,27,29,35,37,42-43,47H,6-16,18,20-26,28,30-34,36,38-41H2,1-5H3,(H-,45,48,49,50)/b19-17-,29-27+,37-35+. The predicted molar refractivity (Wildman–Crippen MR) is 224 cm³/mol. The summed E-state index contributed by atoms with van der Waals surface area (Å²) in [5.74, 6) is -0.214. The molecule has 0 saturated carbocycles. The summed E-state index contributed by atoms with van der Waals surface area (Å²) in [6, 6.07) is -0.903. The Morgan fingerprint density at radius 3 is 1.55 bits per heavy atom. The number of nitrogens with one attached hydrogen (secondary N) is 1. The summed E-state index contributed by atoms with van der Waals surface area (Å²) in [5, 5.41) is 13.7. The third-order valence-electron chi connectivity index (χ3n) is 9.57. The van der Waals surface area contributed by atoms with Gasteiger partial charge in [-0.05, 0) is 57.8 Å². The normalized spacial score (nSPS) is 14.8. The van der Waals surface area contributed by atoms with E-state index in [1.54, 1.807) is 6.08 Å². The lowest BCUT2D eigenvalue weighted by atomic mass is 10.1. The molecular weight excluding hydrogens is 683 g/mol. The fourth-order valence-corrected chi connectivity index (χ4v) is 6.77. The third-order valence-corrected chi connectivity index (χ3v) is 10.5. The van der Waals surface area contributed by atoms with Crippen LogP contribution in [0.5, 0.6) is 0 Å². The molecule has 312 valence electrons. The average molecular weight is 769 g/mol. The number of hydrogen-bond donors (Lipinski definition) is 2. The van der Waals surface area contributed by atoms with Gasteiger partial charge in [0.15, 0.2) is 0 Å². The molecule has 1 amide bonds. The predicted octanol–water partition coefficient (Wildman–Crippen LogP) is 11.3. The summed E-state index contributed by atoms with van der Waals surface area (Å²) < 4.78 is 23.2. The van der Waals surface area contributed by atoms with Gasteiger partial charge in [-0.1, -0.05) is 159 Å². The summed E-state index contributed by atoms with van der Waals surface area (Å²) in [6.07, 6.45) is 43.3. The molecule has 0 aromatic rings. The number of carbonyl (C=O) groups excluding carboxylic acids is 1. The van der Waals surface area contributed by atoms with E-state index in [9.17, 15) is 19.4 Å². The van der Waals surface area contributed by atoms with Crippen molar-refractivity contribution in [3.63, 3.8) is 0 Å². The van der Waals surface area contributed by atoms with E-state index in [1.807, 2.05) is 27.2 Å². The number of unbranched alkanes of at least 4 members (excludes halogenated alkanes) is 22. The lowest BCUT2D eigenvalue weighted by Crippen LogP contribution is -2.45. The highest BCUT2D eigenvalue weighted by Crippen LogP contribution is 2.38. The molecule has 0 rings (SSSR count). The number of allylic oxidation sites excluding steroid dienone is 5. The molecule has 3 unspecified atom stereocenters. The third kappa shape index (κ3) is 38.8. The van der Waals surface area contributed by atoms with E-state index in [0.717, 1.165) is 38.5 Å². The summed E-state index contributed by atoms with van der Waals surface area (Å²) in [7, 11) is 1.24. The minimum Gasteiger partial charge on any atom is -0.756 e. The van der Waals surface area contributed by atoms with Gasteiger partial charge in [-0.3, -0.25) is 9.36 Å². The molecule has 0 spiro atoms. The van der Waals surface area contributed by atoms with Gasteiger partial charge in [0.05, 0.1) is 39.9 Å². The number of hydrogen-bond acceptors (Lipinski definition) is 6. The van der Waals surface area contributed by atoms with Crippen LogP contribution in [0.3, 0.4) is 0 Å². The minimum atomic E-state index is -4.59. The van der Waals surface area contributed by atoms with E-state index in [0.29, 0.717) is 17.4 Å². The van der Waals surface area contributed by atoms with Crippen LogP contribution in [0.15, 0.2) is 36.5 Å². The zero-order valence-electron chi connectivity index (χ0n) is 35.2. The summed E-state index contributed by atoms with van der Waals surface area (Å²) in [4.78, 5) is 25.3. The molecule has 0 aromatic carbocycles. The van der Waals surface area contributed by atoms with Gasteiger partial charge < -0.3 is 28.8 Å². The van der Waals surface area contributed by atoms with Crippen molar-refractivity contribution < 1.29 is 32.9 Å². The number of aliphatic hydroxyl groups excluding tert-OH is 1. The van der Waals surface area contributed by atoms with Crippen LogP contribution in [0.1, 0.15) is 187 Å². The van der Waals surface area contributed by atoms with Crippen molar-refractivity contribution in [3.05, 3.63) is 36.5 Å². The highest BCUT2D eigenvalue weighted by Gasteiger charge is 2.23. The van der Waals surface area contributed by atoms with Gasteiger partial charge in [-0.25, -0.2) is 0 Å². The summed E-state index contributed by atoms with van der Waals surface area (Å²) >= 11 is 0. The molecule has 0 saturated heterocycles. The molecule has 0 aliphatic rings. The Kier molecular flexibility index (Phi) is 35.5. The Morgan fingerprint density at radius 2 is 1.06 bits per heavy atom. The molecule has 0 aromatic heterocycles. The molecule has 0 heterocycles. The van der Waals surface area contributed by atoms with Gasteiger partial charge in [-0.2, -0.15) is 0 Å². The zero-order valence-corrected chi connectivity index (χ0v) is 36.1. The second-order valence-electron chi connectivity index (χ2n) is 16.0. The SMILES string of the molecule is CCCCCC/C=C\CCCCCCCCCC(=O)NC(COP(=O)([O-])OCC[N+](C)(C)C)C(O)/C=C/CC/C=C/CCCCCCCCCCCC. The smallest absolute Gasteiger partial charge is 0.268 e. The van der Waals surface area contributed by atoms with Gasteiger partial charge in [0.1, 0.15) is 13.2 Å². The lowest BCUT2D eigenvalue weighted by Gasteiger charge is -2.29. The fourth-order valence-electron chi connectivity index (χ4n) is 6.04. The largest absolute Gasteiger partial charge is 0.756 e. The zero-order chi connectivity index (χ0) is 39.3. The maximum atomic E-state index is 12.8. The van der Waals surface area contributed by atoms with Crippen molar-refractivity contribution in [2.75, 3.05) is 40.9 Å². The number of phosphoric ester groups is 1. The average Bonchev–Trinajstić information content (AvgIpc) is 3.10. The van der Waals surface area contributed by atoms with Crippen molar-refractivity contribution in [2.24, 2.45) is 0 Å². The topological polar surface area (TPSA) is 108 Å². The van der Waals surface area contributed by atoms with Crippen molar-refractivity contribution >= 4 is 13.7 Å². The van der Waals surface area contributed by atoms with Crippen LogP contribution in [0.4, 0.5) is 0 Å². The first-order chi connectivity index (χ1) is 25.5. The lowest BCUT2D eigenvalue weighted by molar-refractivity contribution is -0.870. The number of rotatable bonds is 39. The number of phosphoric acid groups is 1. The number of nitrogens with zero attached hydrogens (tertiary/aromatic N) is 1. The van der Waals surface area contributed by atoms with E-state index in [-0.39, 0.29) is 12.5 Å². The van der Waals surface area contributed by atoms with E-state index in [1.165, 1.54) is 128 Å². The highest BCUT2D eigenvalue weighted by atomic mass is 31.2. The van der Waals surface area contributed by atoms with Gasteiger partial charge in [0.2, 0.25) is 5.91 Å². The fraction of sp³-hybridized carbons (Fsp3) is 0.841. The number of carbonyl (C=O) groups is 1. The Morgan fingerprint density at radius 1 is 0.642 bits per heavy atom. The van der Waals surface area contributed by atoms with Crippen LogP contribution in [-0.4, -0.2) is 68.5 Å². The van der Waals surface area contributed by atoms with Crippen LogP contribution < -0.4 is 10.2 Å². The maximum Gasteiger partial charge on any atom is 0.268 e. The molecule has 0 bridgehead atoms. The van der Waals surface area contributed by atoms with E-state index in [4.69, 9.17) is 9.05 Å². The first kappa shape index (κ1) is 51.7. The first-order valence-electron chi connectivity index (χ1n) is 21.9. The van der Waals surface area contributed by atoms with Gasteiger partial charge in [0.25, 0.3) is 7.82 Å². The Balaban J connectivity index is 4.50. The number of amides is 1. The van der Waals surface area contributed by atoms with Crippen molar-refractivity contribution in [3.8, 4) is 0 Å². The van der Waals surface area contributed by atoms with E-state index < -0.39 is 26.6 Å². The second-order valence-corrected chi connectivity index (χ2v) is 17.4. The Bertz CT molecular complexity index is 964. The molecule has 9 heteroatoms. The van der Waals surface area contributed by atoms with Crippen molar-refractivity contribution in [1.29, 1.82) is 0 Å². The Labute approximate surface area is 327 Å². The number of likely N-dealkylation sites (N-methyl/N-ethyl adjacent to an activating group) is 1. The molecular formula is C44H85N2O6P. The molecule has 0 aliphatic carbocycles. The van der Waals surface area contributed by atoms with Crippen molar-refractivity contribution in [1.82, 2.24) is 5.32 Å². The monoisotopic (exact) mass is 769 g/mol. The molecule has 0 radical (unpaired) electrons. The molecule has 0 fully saturated rings. The van der Waals surface area contributed by atoms with E-state index in [2.05, 4.69) is 43.5 Å². The highest BCUT2D eigenvalue weighted by molar-refractivity contribution is 7.45. The minimum absolute atomic E-state index is 0.00723. The number of quaternary nitrogens is 1. The molecule has 0 aliphatic heterocycles. The molecule has 3 atom stereocenters. The van der Waals surface area contributed by atoms with Gasteiger partial charge >= 0.3 is 0 Å². The first-order valence-corrected chi connectivity index (χ1v) is 23.3. The maximum absolute atomic E-state index is 12.8. The van der Waals surface area contributed by atoms with Crippen LogP contribution in [0.2, 0.25) is 0 Å². The summed E-state index contributed by atoms with van der Waals surface area (Å²) in [6.45, 7) is 4.60. The molecule has 8 nitrogen and oxygen atoms in total. The van der Waals surface area contributed by atoms with Crippen LogP contribution >= 0.6 is 7.82 Å². The van der Waals surface area contributed by atoms with Crippen molar-refractivity contribution in [2.45, 2.75) is 199 Å². The van der Waals surface area contributed by atoms with Gasteiger partial charge in [-0.15, -0.1) is 0 Å². The molecule has 2 N–H and O–H groups in total. The summed E-state index contributed by atoms with van der Waals surface area (Å²) in [5.41, 5.74) is 0. The number of aliphatic hydroxyl groups is 1. The Hall–Kier alpha value is -1.28. The van der Waals surface area contributed by atoms with Crippen LogP contribution in [-0.2, 0) is 18.4 Å². The van der Waals surface area contributed by atoms with E-state index >= 15 is 0 Å². The second kappa shape index (κ2) is 36.4. The van der Waals surface area contributed by atoms with Crippen LogP contribution in [0, 0.1) is 0 Å². The van der Waals surface area contributed by atoms with Gasteiger partial charge in [0, 0.05) is 6.42 Å². The quantitative estimate of drug-likeness (QED) is 0.0279. The van der Waals surface area contributed by atoms with Crippen LogP contribution in [0.25, 0.3) is 0 Å². The molecule has 53 heavy (non-hydrogen) atoms.